The van der Waals surface area contributed by atoms with Crippen molar-refractivity contribution in [2.24, 2.45) is 0 Å². The number of hydrogen-bond donors (Lipinski definition) is 0. The van der Waals surface area contributed by atoms with Crippen LogP contribution in [0.1, 0.15) is 30.9 Å². The van der Waals surface area contributed by atoms with Gasteiger partial charge in [-0.2, -0.15) is 5.26 Å². The van der Waals surface area contributed by atoms with Crippen LogP contribution in [0.15, 0.2) is 39.7 Å². The fourth-order valence-electron chi connectivity index (χ4n) is 3.44. The van der Waals surface area contributed by atoms with Crippen molar-refractivity contribution in [2.45, 2.75) is 42.1 Å². The Morgan fingerprint density at radius 2 is 2.14 bits per heavy atom. The first-order valence-electron chi connectivity index (χ1n) is 9.19. The van der Waals surface area contributed by atoms with Crippen LogP contribution in [0.25, 0.3) is 16.7 Å². The lowest BCUT2D eigenvalue weighted by Gasteiger charge is -2.15. The molecule has 1 aromatic carbocycles. The molecule has 4 aromatic rings. The summed E-state index contributed by atoms with van der Waals surface area (Å²) in [7, 11) is 0. The summed E-state index contributed by atoms with van der Waals surface area (Å²) in [6.07, 6.45) is 2.02. The number of fused-ring (bicyclic) bond motifs is 3. The first-order chi connectivity index (χ1) is 14.1. The van der Waals surface area contributed by atoms with E-state index in [2.05, 4.69) is 21.3 Å². The molecule has 0 aliphatic heterocycles. The molecule has 1 amide bonds. The Balaban J connectivity index is 1.61. The van der Waals surface area contributed by atoms with Crippen LogP contribution < -0.4 is 4.90 Å². The van der Waals surface area contributed by atoms with Crippen LogP contribution in [-0.4, -0.2) is 31.5 Å². The summed E-state index contributed by atoms with van der Waals surface area (Å²) in [6, 6.07) is 12.3. The van der Waals surface area contributed by atoms with E-state index in [9.17, 15) is 10.1 Å². The molecule has 5 rings (SSSR count). The molecular formula is C20H16N6OS2. The second-order valence-corrected chi connectivity index (χ2v) is 9.21. The maximum Gasteiger partial charge on any atom is 0.225 e. The maximum atomic E-state index is 12.0. The third kappa shape index (κ3) is 3.05. The zero-order chi connectivity index (χ0) is 20.1. The number of nitriles is 1. The number of para-hydroxylation sites is 2. The molecule has 7 nitrogen and oxygen atoms in total. The van der Waals surface area contributed by atoms with Crippen LogP contribution in [0, 0.1) is 18.3 Å². The minimum atomic E-state index is -0.00240. The van der Waals surface area contributed by atoms with Crippen molar-refractivity contribution < 1.29 is 4.79 Å². The predicted molar refractivity (Wildman–Crippen MR) is 112 cm³/mol. The van der Waals surface area contributed by atoms with Crippen LogP contribution >= 0.6 is 23.1 Å². The van der Waals surface area contributed by atoms with Crippen molar-refractivity contribution in [1.29, 1.82) is 5.26 Å². The number of rotatable bonds is 4. The van der Waals surface area contributed by atoms with Crippen LogP contribution in [0.3, 0.4) is 0 Å². The summed E-state index contributed by atoms with van der Waals surface area (Å²) in [5.41, 5.74) is 3.86. The van der Waals surface area contributed by atoms with Gasteiger partial charge >= 0.3 is 0 Å². The predicted octanol–water partition coefficient (Wildman–Crippen LogP) is 4.19. The Bertz CT molecular complexity index is 1310. The normalized spacial score (nSPS) is 13.7. The first-order valence-corrected chi connectivity index (χ1v) is 10.8. The molecule has 3 aromatic heterocycles. The van der Waals surface area contributed by atoms with Gasteiger partial charge in [0.1, 0.15) is 6.07 Å². The molecule has 0 unspecified atom stereocenters. The number of anilines is 1. The number of aromatic nitrogens is 4. The molecule has 0 spiro atoms. The number of imidazole rings is 1. The van der Waals surface area contributed by atoms with E-state index in [0.717, 1.165) is 38.8 Å². The fourth-order valence-corrected chi connectivity index (χ4v) is 5.55. The van der Waals surface area contributed by atoms with Gasteiger partial charge in [-0.05, 0) is 55.3 Å². The lowest BCUT2D eigenvalue weighted by Crippen LogP contribution is -2.30. The molecule has 0 radical (unpaired) electrons. The summed E-state index contributed by atoms with van der Waals surface area (Å²) in [5.74, 6) is -0.00240. The Morgan fingerprint density at radius 1 is 1.34 bits per heavy atom. The molecule has 1 aliphatic carbocycles. The van der Waals surface area contributed by atoms with E-state index in [1.54, 1.807) is 11.8 Å². The number of pyridine rings is 1. The third-order valence-electron chi connectivity index (χ3n) is 4.90. The minimum Gasteiger partial charge on any atom is -0.285 e. The highest BCUT2D eigenvalue weighted by atomic mass is 32.2. The summed E-state index contributed by atoms with van der Waals surface area (Å²) in [4.78, 5) is 18.4. The molecule has 0 atom stereocenters. The number of carbonyl (C=O) groups is 1. The summed E-state index contributed by atoms with van der Waals surface area (Å²) in [5, 5.41) is 19.7. The fraction of sp³-hybridized carbons (Fsp3) is 0.250. The Kier molecular flexibility index (Phi) is 4.26. The van der Waals surface area contributed by atoms with Crippen molar-refractivity contribution in [3.05, 3.63) is 41.5 Å². The highest BCUT2D eigenvalue weighted by Crippen LogP contribution is 2.39. The lowest BCUT2D eigenvalue weighted by molar-refractivity contribution is -0.116. The highest BCUT2D eigenvalue weighted by molar-refractivity contribution is 8.01. The Morgan fingerprint density at radius 3 is 2.86 bits per heavy atom. The molecule has 1 fully saturated rings. The van der Waals surface area contributed by atoms with Crippen LogP contribution in [-0.2, 0) is 4.79 Å². The zero-order valence-electron chi connectivity index (χ0n) is 15.8. The monoisotopic (exact) mass is 420 g/mol. The van der Waals surface area contributed by atoms with Gasteiger partial charge in [0.2, 0.25) is 11.0 Å². The van der Waals surface area contributed by atoms with Crippen LogP contribution in [0.2, 0.25) is 0 Å². The standard InChI is InChI=1S/C20H16N6OS2/c1-11-9-17(26-16-6-4-3-5-15(16)22-18(26)14(11)10-21)28-20-24-23-19(29-20)25(12(2)27)13-7-8-13/h3-6,9,13H,7-8H2,1-2H3. The number of carbonyl (C=O) groups excluding carboxylic acids is 1. The van der Waals surface area contributed by atoms with Gasteiger partial charge in [-0.1, -0.05) is 23.5 Å². The summed E-state index contributed by atoms with van der Waals surface area (Å²) >= 11 is 2.88. The van der Waals surface area contributed by atoms with Crippen molar-refractivity contribution in [3.8, 4) is 6.07 Å². The lowest BCUT2D eigenvalue weighted by atomic mass is 10.2. The number of amides is 1. The van der Waals surface area contributed by atoms with Gasteiger partial charge < -0.3 is 0 Å². The van der Waals surface area contributed by atoms with Crippen LogP contribution in [0.5, 0.6) is 0 Å². The highest BCUT2D eigenvalue weighted by Gasteiger charge is 2.34. The van der Waals surface area contributed by atoms with Crippen molar-refractivity contribution in [2.75, 3.05) is 4.90 Å². The van der Waals surface area contributed by atoms with E-state index in [0.29, 0.717) is 16.3 Å². The number of aryl methyl sites for hydroxylation is 1. The van der Waals surface area contributed by atoms with Crippen molar-refractivity contribution in [1.82, 2.24) is 19.6 Å². The Labute approximate surface area is 175 Å². The van der Waals surface area contributed by atoms with Crippen molar-refractivity contribution in [3.63, 3.8) is 0 Å². The third-order valence-corrected chi connectivity index (χ3v) is 6.88. The number of benzene rings is 1. The largest absolute Gasteiger partial charge is 0.285 e. The quantitative estimate of drug-likeness (QED) is 0.460. The van der Waals surface area contributed by atoms with Gasteiger partial charge in [-0.3, -0.25) is 14.1 Å². The molecule has 1 saturated carbocycles. The summed E-state index contributed by atoms with van der Waals surface area (Å²) < 4.78 is 2.74. The minimum absolute atomic E-state index is 0.00240. The van der Waals surface area contributed by atoms with Gasteiger partial charge in [-0.25, -0.2) is 4.98 Å². The molecule has 144 valence electrons. The number of nitrogens with zero attached hydrogens (tertiary/aromatic N) is 6. The van der Waals surface area contributed by atoms with E-state index < -0.39 is 0 Å². The van der Waals surface area contributed by atoms with E-state index >= 15 is 0 Å². The molecular weight excluding hydrogens is 404 g/mol. The molecule has 0 bridgehead atoms. The molecule has 9 heteroatoms. The first kappa shape index (κ1) is 18.1. The average Bonchev–Trinajstić information content (AvgIpc) is 3.28. The van der Waals surface area contributed by atoms with Gasteiger partial charge in [0.15, 0.2) is 9.99 Å². The van der Waals surface area contributed by atoms with Gasteiger partial charge in [0.05, 0.1) is 21.6 Å². The van der Waals surface area contributed by atoms with Crippen molar-refractivity contribution >= 4 is 50.8 Å². The second kappa shape index (κ2) is 6.83. The summed E-state index contributed by atoms with van der Waals surface area (Å²) in [6.45, 7) is 3.48. The zero-order valence-corrected chi connectivity index (χ0v) is 17.4. The SMILES string of the molecule is CC(=O)N(c1nnc(Sc2cc(C)c(C#N)c3nc4ccccc4n23)s1)C1CC1. The van der Waals surface area contributed by atoms with E-state index in [1.807, 2.05) is 41.7 Å². The molecule has 0 saturated heterocycles. The maximum absolute atomic E-state index is 12.0. The van der Waals surface area contributed by atoms with Gasteiger partial charge in [-0.15, -0.1) is 10.2 Å². The molecule has 3 heterocycles. The van der Waals surface area contributed by atoms with Gasteiger partial charge in [0, 0.05) is 13.0 Å². The molecule has 0 N–H and O–H groups in total. The molecule has 1 aliphatic rings. The van der Waals surface area contributed by atoms with Crippen LogP contribution in [0.4, 0.5) is 5.13 Å². The van der Waals surface area contributed by atoms with E-state index in [4.69, 9.17) is 0 Å². The van der Waals surface area contributed by atoms with E-state index in [1.165, 1.54) is 23.1 Å². The number of hydrogen-bond acceptors (Lipinski definition) is 7. The topological polar surface area (TPSA) is 87.2 Å². The average molecular weight is 421 g/mol. The van der Waals surface area contributed by atoms with Gasteiger partial charge in [0.25, 0.3) is 0 Å². The smallest absolute Gasteiger partial charge is 0.225 e. The Hall–Kier alpha value is -2.96. The molecule has 29 heavy (non-hydrogen) atoms. The van der Waals surface area contributed by atoms with E-state index in [-0.39, 0.29) is 11.9 Å². The second-order valence-electron chi connectivity index (χ2n) is 6.98.